The van der Waals surface area contributed by atoms with E-state index < -0.39 is 16.1 Å². The summed E-state index contributed by atoms with van der Waals surface area (Å²) in [5.41, 5.74) is 4.78. The number of primary amides is 1. The highest BCUT2D eigenvalue weighted by atomic mass is 32.2. The van der Waals surface area contributed by atoms with E-state index in [0.29, 0.717) is 10.7 Å². The van der Waals surface area contributed by atoms with E-state index in [1.807, 2.05) is 0 Å². The Kier molecular flexibility index (Phi) is 3.21. The number of nitrogens with one attached hydrogen (secondary N) is 1. The molecule has 0 aliphatic carbocycles. The van der Waals surface area contributed by atoms with E-state index in [-0.39, 0.29) is 4.90 Å². The van der Waals surface area contributed by atoms with E-state index in [4.69, 9.17) is 5.73 Å². The summed E-state index contributed by atoms with van der Waals surface area (Å²) < 4.78 is 24.9. The predicted octanol–water partition coefficient (Wildman–Crippen LogP) is -0.0429. The number of carbonyl (C=O) groups is 1. The lowest BCUT2D eigenvalue weighted by molar-refractivity contribution is 0.253. The Morgan fingerprint density at radius 2 is 2.00 bits per heavy atom. The SMILES string of the molecule is NC(=O)NS(=O)(=O)c1csc(-c2ncncn2)c1. The number of aromatic nitrogens is 3. The van der Waals surface area contributed by atoms with Crippen molar-refractivity contribution in [1.29, 1.82) is 0 Å². The molecule has 0 spiro atoms. The first-order valence-corrected chi connectivity index (χ1v) is 6.88. The van der Waals surface area contributed by atoms with Gasteiger partial charge < -0.3 is 5.73 Å². The van der Waals surface area contributed by atoms with Crippen LogP contribution in [0.5, 0.6) is 0 Å². The fraction of sp³-hybridized carbons (Fsp3) is 0. The maximum atomic E-state index is 11.6. The quantitative estimate of drug-likeness (QED) is 0.814. The number of sulfonamides is 1. The minimum atomic E-state index is -3.93. The highest BCUT2D eigenvalue weighted by molar-refractivity contribution is 7.90. The van der Waals surface area contributed by atoms with Gasteiger partial charge >= 0.3 is 6.03 Å². The summed E-state index contributed by atoms with van der Waals surface area (Å²) in [5.74, 6) is 0.357. The van der Waals surface area contributed by atoms with Gasteiger partial charge in [0.1, 0.15) is 12.7 Å². The average Bonchev–Trinajstić information content (AvgIpc) is 2.78. The molecule has 0 unspecified atom stereocenters. The first-order chi connectivity index (χ1) is 8.49. The molecule has 0 aliphatic rings. The molecular weight excluding hydrogens is 278 g/mol. The highest BCUT2D eigenvalue weighted by Crippen LogP contribution is 2.26. The van der Waals surface area contributed by atoms with E-state index in [2.05, 4.69) is 15.0 Å². The van der Waals surface area contributed by atoms with E-state index in [1.165, 1.54) is 24.1 Å². The molecule has 0 fully saturated rings. The van der Waals surface area contributed by atoms with Gasteiger partial charge in [-0.1, -0.05) is 0 Å². The zero-order chi connectivity index (χ0) is 13.2. The predicted molar refractivity (Wildman–Crippen MR) is 63.0 cm³/mol. The van der Waals surface area contributed by atoms with Crippen LogP contribution >= 0.6 is 11.3 Å². The number of urea groups is 1. The fourth-order valence-corrected chi connectivity index (χ4v) is 3.23. The number of nitrogens with zero attached hydrogens (tertiary/aromatic N) is 3. The van der Waals surface area contributed by atoms with Gasteiger partial charge in [0.15, 0.2) is 5.82 Å². The van der Waals surface area contributed by atoms with Gasteiger partial charge in [-0.05, 0) is 6.07 Å². The molecule has 2 aromatic heterocycles. The summed E-state index contributed by atoms with van der Waals surface area (Å²) >= 11 is 1.13. The normalized spacial score (nSPS) is 11.1. The van der Waals surface area contributed by atoms with Crippen molar-refractivity contribution in [3.8, 4) is 10.7 Å². The molecule has 0 atom stereocenters. The van der Waals surface area contributed by atoms with Crippen molar-refractivity contribution >= 4 is 27.4 Å². The van der Waals surface area contributed by atoms with Crippen LogP contribution in [0.3, 0.4) is 0 Å². The number of hydrogen-bond acceptors (Lipinski definition) is 7. The second kappa shape index (κ2) is 4.66. The molecule has 2 rings (SSSR count). The third kappa shape index (κ3) is 2.60. The third-order valence-corrected chi connectivity index (χ3v) is 4.24. The lowest BCUT2D eigenvalue weighted by atomic mass is 10.4. The fourth-order valence-electron chi connectivity index (χ4n) is 1.13. The zero-order valence-electron chi connectivity index (χ0n) is 8.77. The molecule has 2 amide bonds. The first kappa shape index (κ1) is 12.4. The van der Waals surface area contributed by atoms with Gasteiger partial charge in [0.2, 0.25) is 0 Å². The molecule has 0 bridgehead atoms. The summed E-state index contributed by atoms with van der Waals surface area (Å²) in [6.07, 6.45) is 2.61. The second-order valence-electron chi connectivity index (χ2n) is 3.08. The van der Waals surface area contributed by atoms with Crippen LogP contribution in [0.2, 0.25) is 0 Å². The molecule has 3 N–H and O–H groups in total. The Bertz CT molecular complexity index is 667. The summed E-state index contributed by atoms with van der Waals surface area (Å²) in [6, 6.07) is 0.216. The Morgan fingerprint density at radius 3 is 2.61 bits per heavy atom. The summed E-state index contributed by atoms with van der Waals surface area (Å²) in [6.45, 7) is 0. The molecule has 18 heavy (non-hydrogen) atoms. The third-order valence-electron chi connectivity index (χ3n) is 1.83. The average molecular weight is 285 g/mol. The van der Waals surface area contributed by atoms with Crippen LogP contribution in [-0.4, -0.2) is 29.4 Å². The van der Waals surface area contributed by atoms with Crippen molar-refractivity contribution in [2.75, 3.05) is 0 Å². The van der Waals surface area contributed by atoms with Crippen molar-refractivity contribution < 1.29 is 13.2 Å². The molecule has 94 valence electrons. The Balaban J connectivity index is 2.35. The van der Waals surface area contributed by atoms with Gasteiger partial charge in [-0.2, -0.15) is 0 Å². The van der Waals surface area contributed by atoms with Crippen molar-refractivity contribution in [2.24, 2.45) is 5.73 Å². The van der Waals surface area contributed by atoms with Crippen LogP contribution in [0.25, 0.3) is 10.7 Å². The lowest BCUT2D eigenvalue weighted by Gasteiger charge is -2.00. The van der Waals surface area contributed by atoms with Crippen LogP contribution in [0.1, 0.15) is 0 Å². The molecule has 0 radical (unpaired) electrons. The van der Waals surface area contributed by atoms with Gasteiger partial charge in [-0.15, -0.1) is 11.3 Å². The summed E-state index contributed by atoms with van der Waals surface area (Å²) in [5, 5.41) is 1.37. The maximum absolute atomic E-state index is 11.6. The van der Waals surface area contributed by atoms with E-state index in [0.717, 1.165) is 11.3 Å². The zero-order valence-corrected chi connectivity index (χ0v) is 10.4. The Labute approximate surface area is 106 Å². The van der Waals surface area contributed by atoms with Crippen molar-refractivity contribution in [3.63, 3.8) is 0 Å². The van der Waals surface area contributed by atoms with Gasteiger partial charge in [-0.3, -0.25) is 0 Å². The van der Waals surface area contributed by atoms with E-state index in [1.54, 1.807) is 4.72 Å². The van der Waals surface area contributed by atoms with E-state index >= 15 is 0 Å². The molecule has 0 aliphatic heterocycles. The Morgan fingerprint density at radius 1 is 1.33 bits per heavy atom. The number of nitrogens with two attached hydrogens (primary N) is 1. The number of hydrogen-bond donors (Lipinski definition) is 2. The topological polar surface area (TPSA) is 128 Å². The molecule has 0 aromatic carbocycles. The number of rotatable bonds is 3. The monoisotopic (exact) mass is 285 g/mol. The van der Waals surface area contributed by atoms with Gasteiger partial charge in [-0.25, -0.2) is 32.9 Å². The van der Waals surface area contributed by atoms with Crippen LogP contribution in [-0.2, 0) is 10.0 Å². The molecule has 0 saturated carbocycles. The second-order valence-corrected chi connectivity index (χ2v) is 5.67. The first-order valence-electron chi connectivity index (χ1n) is 4.52. The molecule has 10 heteroatoms. The van der Waals surface area contributed by atoms with Crippen LogP contribution in [0.15, 0.2) is 29.0 Å². The molecule has 2 heterocycles. The van der Waals surface area contributed by atoms with Gasteiger partial charge in [0.25, 0.3) is 10.0 Å². The molecule has 8 nitrogen and oxygen atoms in total. The largest absolute Gasteiger partial charge is 0.351 e. The van der Waals surface area contributed by atoms with Gasteiger partial charge in [0, 0.05) is 5.38 Å². The smallest absolute Gasteiger partial charge is 0.326 e. The summed E-state index contributed by atoms with van der Waals surface area (Å²) in [4.78, 5) is 22.5. The lowest BCUT2D eigenvalue weighted by Crippen LogP contribution is -2.34. The molecule has 0 saturated heterocycles. The number of thiophene rings is 1. The standard InChI is InChI=1S/C8H7N5O3S2/c9-8(14)13-18(15,16)5-1-6(17-2-5)7-11-3-10-4-12-7/h1-4H,(H3,9,13,14). The van der Waals surface area contributed by atoms with Crippen LogP contribution in [0.4, 0.5) is 4.79 Å². The Hall–Kier alpha value is -2.07. The van der Waals surface area contributed by atoms with Crippen LogP contribution in [0, 0.1) is 0 Å². The van der Waals surface area contributed by atoms with E-state index in [9.17, 15) is 13.2 Å². The minimum absolute atomic E-state index is 0.0679. The number of carbonyl (C=O) groups excluding carboxylic acids is 1. The molecule has 2 aromatic rings. The van der Waals surface area contributed by atoms with Crippen molar-refractivity contribution in [1.82, 2.24) is 19.7 Å². The summed E-state index contributed by atoms with van der Waals surface area (Å²) in [7, 11) is -3.93. The van der Waals surface area contributed by atoms with Crippen LogP contribution < -0.4 is 10.5 Å². The van der Waals surface area contributed by atoms with Crippen molar-refractivity contribution in [3.05, 3.63) is 24.1 Å². The molecular formula is C8H7N5O3S2. The highest BCUT2D eigenvalue weighted by Gasteiger charge is 2.18. The maximum Gasteiger partial charge on any atom is 0.326 e. The van der Waals surface area contributed by atoms with Gasteiger partial charge in [0.05, 0.1) is 9.77 Å². The number of amides is 2. The minimum Gasteiger partial charge on any atom is -0.351 e. The van der Waals surface area contributed by atoms with Crippen molar-refractivity contribution in [2.45, 2.75) is 4.90 Å².